The number of hydrogen-bond donors (Lipinski definition) is 3. The SMILES string of the molecule is Cc1nn(Cc2ccccc2)c(Cl)c1C(=O)NNC(=S)NC(C)C. The molecule has 128 valence electrons. The van der Waals surface area contributed by atoms with Gasteiger partial charge in [-0.15, -0.1) is 0 Å². The van der Waals surface area contributed by atoms with E-state index in [9.17, 15) is 4.79 Å². The summed E-state index contributed by atoms with van der Waals surface area (Å²) in [6, 6.07) is 9.95. The molecule has 0 fully saturated rings. The molecule has 6 nitrogen and oxygen atoms in total. The van der Waals surface area contributed by atoms with E-state index in [1.54, 1.807) is 11.6 Å². The van der Waals surface area contributed by atoms with Crippen molar-refractivity contribution in [2.75, 3.05) is 0 Å². The summed E-state index contributed by atoms with van der Waals surface area (Å²) < 4.78 is 1.60. The highest BCUT2D eigenvalue weighted by Crippen LogP contribution is 2.20. The highest BCUT2D eigenvalue weighted by Gasteiger charge is 2.20. The number of nitrogens with one attached hydrogen (secondary N) is 3. The third kappa shape index (κ3) is 4.69. The number of aryl methyl sites for hydroxylation is 1. The predicted molar refractivity (Wildman–Crippen MR) is 99.0 cm³/mol. The second-order valence-electron chi connectivity index (χ2n) is 5.60. The Balaban J connectivity index is 2.08. The molecular weight excluding hydrogens is 346 g/mol. The zero-order valence-electron chi connectivity index (χ0n) is 13.8. The molecule has 1 aromatic carbocycles. The van der Waals surface area contributed by atoms with Gasteiger partial charge >= 0.3 is 0 Å². The number of aromatic nitrogens is 2. The molecule has 24 heavy (non-hydrogen) atoms. The molecular formula is C16H20ClN5OS. The molecule has 1 amide bonds. The molecule has 0 radical (unpaired) electrons. The lowest BCUT2D eigenvalue weighted by Crippen LogP contribution is -2.48. The van der Waals surface area contributed by atoms with Crippen molar-refractivity contribution < 1.29 is 4.79 Å². The molecule has 2 rings (SSSR count). The van der Waals surface area contributed by atoms with E-state index in [0.29, 0.717) is 28.1 Å². The van der Waals surface area contributed by atoms with Crippen LogP contribution in [0.15, 0.2) is 30.3 Å². The molecule has 0 atom stereocenters. The van der Waals surface area contributed by atoms with Crippen molar-refractivity contribution in [3.8, 4) is 0 Å². The lowest BCUT2D eigenvalue weighted by atomic mass is 10.2. The minimum absolute atomic E-state index is 0.167. The van der Waals surface area contributed by atoms with Crippen LogP contribution < -0.4 is 16.2 Å². The number of amides is 1. The number of rotatable bonds is 4. The van der Waals surface area contributed by atoms with Crippen molar-refractivity contribution in [2.24, 2.45) is 0 Å². The van der Waals surface area contributed by atoms with Gasteiger partial charge in [0.1, 0.15) is 10.7 Å². The number of hydrogen-bond acceptors (Lipinski definition) is 3. The fourth-order valence-corrected chi connectivity index (χ4v) is 2.75. The third-order valence-electron chi connectivity index (χ3n) is 3.18. The summed E-state index contributed by atoms with van der Waals surface area (Å²) in [5.74, 6) is -0.385. The molecule has 0 spiro atoms. The standard InChI is InChI=1S/C16H20ClN5OS/c1-10(2)18-16(24)20-19-15(23)13-11(3)21-22(14(13)17)9-12-7-5-4-6-8-12/h4-8,10H,9H2,1-3H3,(H,19,23)(H2,18,20,24). The van der Waals surface area contributed by atoms with E-state index in [-0.39, 0.29) is 11.9 Å². The van der Waals surface area contributed by atoms with Crippen LogP contribution >= 0.6 is 23.8 Å². The van der Waals surface area contributed by atoms with Gasteiger partial charge in [0, 0.05) is 6.04 Å². The summed E-state index contributed by atoms with van der Waals surface area (Å²) in [5.41, 5.74) is 7.11. The summed E-state index contributed by atoms with van der Waals surface area (Å²) in [5, 5.41) is 7.95. The number of halogens is 1. The van der Waals surface area contributed by atoms with E-state index in [4.69, 9.17) is 23.8 Å². The highest BCUT2D eigenvalue weighted by atomic mass is 35.5. The number of carbonyl (C=O) groups excluding carboxylic acids is 1. The summed E-state index contributed by atoms with van der Waals surface area (Å²) in [7, 11) is 0. The Labute approximate surface area is 151 Å². The summed E-state index contributed by atoms with van der Waals surface area (Å²) in [6.45, 7) is 6.14. The molecule has 3 N–H and O–H groups in total. The summed E-state index contributed by atoms with van der Waals surface area (Å²) >= 11 is 11.4. The van der Waals surface area contributed by atoms with E-state index >= 15 is 0 Å². The Morgan fingerprint density at radius 3 is 2.58 bits per heavy atom. The maximum Gasteiger partial charge on any atom is 0.274 e. The van der Waals surface area contributed by atoms with Crippen LogP contribution in [0, 0.1) is 6.92 Å². The van der Waals surface area contributed by atoms with Gasteiger partial charge in [-0.3, -0.25) is 15.6 Å². The molecule has 0 aliphatic heterocycles. The largest absolute Gasteiger partial charge is 0.359 e. The van der Waals surface area contributed by atoms with Gasteiger partial charge in [0.2, 0.25) is 0 Å². The van der Waals surface area contributed by atoms with Gasteiger partial charge in [0.05, 0.1) is 12.2 Å². The lowest BCUT2D eigenvalue weighted by molar-refractivity contribution is 0.0943. The van der Waals surface area contributed by atoms with Gasteiger partial charge < -0.3 is 5.32 Å². The van der Waals surface area contributed by atoms with Crippen LogP contribution in [0.25, 0.3) is 0 Å². The highest BCUT2D eigenvalue weighted by molar-refractivity contribution is 7.80. The van der Waals surface area contributed by atoms with Crippen LogP contribution in [0.2, 0.25) is 5.15 Å². The van der Waals surface area contributed by atoms with Crippen LogP contribution in [0.3, 0.4) is 0 Å². The molecule has 0 saturated carbocycles. The van der Waals surface area contributed by atoms with Crippen LogP contribution in [-0.2, 0) is 6.54 Å². The van der Waals surface area contributed by atoms with Crippen molar-refractivity contribution in [1.82, 2.24) is 25.9 Å². The number of benzene rings is 1. The zero-order valence-corrected chi connectivity index (χ0v) is 15.3. The molecule has 1 heterocycles. The third-order valence-corrected chi connectivity index (χ3v) is 3.78. The number of carbonyl (C=O) groups is 1. The molecule has 2 aromatic rings. The molecule has 0 aliphatic rings. The lowest BCUT2D eigenvalue weighted by Gasteiger charge is -2.13. The van der Waals surface area contributed by atoms with E-state index in [2.05, 4.69) is 21.3 Å². The fraction of sp³-hybridized carbons (Fsp3) is 0.312. The topological polar surface area (TPSA) is 71.0 Å². The summed E-state index contributed by atoms with van der Waals surface area (Å²) in [6.07, 6.45) is 0. The van der Waals surface area contributed by atoms with Gasteiger partial charge in [-0.1, -0.05) is 41.9 Å². The van der Waals surface area contributed by atoms with E-state index in [1.807, 2.05) is 44.2 Å². The normalized spacial score (nSPS) is 10.5. The van der Waals surface area contributed by atoms with Crippen LogP contribution in [0.4, 0.5) is 0 Å². The van der Waals surface area contributed by atoms with Crippen molar-refractivity contribution in [2.45, 2.75) is 33.4 Å². The number of hydrazine groups is 1. The minimum atomic E-state index is -0.385. The average molecular weight is 366 g/mol. The number of thiocarbonyl (C=S) groups is 1. The van der Waals surface area contributed by atoms with Crippen molar-refractivity contribution in [1.29, 1.82) is 0 Å². The molecule has 0 bridgehead atoms. The summed E-state index contributed by atoms with van der Waals surface area (Å²) in [4.78, 5) is 12.3. The maximum atomic E-state index is 12.3. The Kier molecular flexibility index (Phi) is 6.16. The van der Waals surface area contributed by atoms with Crippen molar-refractivity contribution in [3.63, 3.8) is 0 Å². The van der Waals surface area contributed by atoms with Crippen LogP contribution in [0.1, 0.15) is 35.5 Å². The minimum Gasteiger partial charge on any atom is -0.359 e. The monoisotopic (exact) mass is 365 g/mol. The second kappa shape index (κ2) is 8.12. The first-order valence-corrected chi connectivity index (χ1v) is 8.30. The van der Waals surface area contributed by atoms with Gasteiger partial charge in [0.15, 0.2) is 5.11 Å². The molecule has 1 aromatic heterocycles. The van der Waals surface area contributed by atoms with Crippen LogP contribution in [-0.4, -0.2) is 26.8 Å². The van der Waals surface area contributed by atoms with Crippen molar-refractivity contribution in [3.05, 3.63) is 52.3 Å². The van der Waals surface area contributed by atoms with E-state index in [1.165, 1.54) is 0 Å². The Morgan fingerprint density at radius 1 is 1.29 bits per heavy atom. The Bertz CT molecular complexity index is 730. The van der Waals surface area contributed by atoms with Crippen LogP contribution in [0.5, 0.6) is 0 Å². The zero-order chi connectivity index (χ0) is 17.7. The van der Waals surface area contributed by atoms with Gasteiger partial charge in [0.25, 0.3) is 5.91 Å². The van der Waals surface area contributed by atoms with Gasteiger partial charge in [-0.25, -0.2) is 4.68 Å². The fourth-order valence-electron chi connectivity index (χ4n) is 2.15. The molecule has 0 unspecified atom stereocenters. The smallest absolute Gasteiger partial charge is 0.274 e. The molecule has 0 aliphatic carbocycles. The second-order valence-corrected chi connectivity index (χ2v) is 6.37. The van der Waals surface area contributed by atoms with Gasteiger partial charge in [-0.2, -0.15) is 5.10 Å². The average Bonchev–Trinajstić information content (AvgIpc) is 2.79. The first kappa shape index (κ1) is 18.2. The first-order chi connectivity index (χ1) is 11.4. The first-order valence-electron chi connectivity index (χ1n) is 7.52. The van der Waals surface area contributed by atoms with E-state index in [0.717, 1.165) is 5.56 Å². The quantitative estimate of drug-likeness (QED) is 0.573. The number of nitrogens with zero attached hydrogens (tertiary/aromatic N) is 2. The molecule has 8 heteroatoms. The van der Waals surface area contributed by atoms with E-state index < -0.39 is 0 Å². The van der Waals surface area contributed by atoms with Gasteiger partial charge in [-0.05, 0) is 38.6 Å². The Morgan fingerprint density at radius 2 is 1.96 bits per heavy atom. The maximum absolute atomic E-state index is 12.3. The Hall–Kier alpha value is -2.12. The molecule has 0 saturated heterocycles. The van der Waals surface area contributed by atoms with Crippen molar-refractivity contribution >= 4 is 34.8 Å². The predicted octanol–water partition coefficient (Wildman–Crippen LogP) is 2.41.